The summed E-state index contributed by atoms with van der Waals surface area (Å²) in [6.45, 7) is 15.6. The molecule has 0 bridgehead atoms. The van der Waals surface area contributed by atoms with E-state index in [2.05, 4.69) is 65.7 Å². The Morgan fingerprint density at radius 1 is 0.625 bits per heavy atom. The fourth-order valence-corrected chi connectivity index (χ4v) is 9.64. The van der Waals surface area contributed by atoms with Crippen molar-refractivity contribution in [2.45, 2.75) is 0 Å². The van der Waals surface area contributed by atoms with Gasteiger partial charge in [-0.2, -0.15) is 0 Å². The Kier molecular flexibility index (Phi) is 6.40. The standard InChI is InChI=1S/C6H4.4C2H3.2Bi/c1-2-4-6-5-3-1;4*1-2;;/h1-2,5-6H;4*1H,2H2;;. The Bertz CT molecular complexity index is 335. The molecule has 0 aliphatic carbocycles. The molecule has 0 saturated carbocycles. The fraction of sp³-hybridized carbons (Fsp3) is 0. The Morgan fingerprint density at radius 3 is 1.06 bits per heavy atom. The average Bonchev–Trinajstić information content (AvgIpc) is 2.34. The maximum atomic E-state index is 3.90. The maximum absolute atomic E-state index is 3.90. The summed E-state index contributed by atoms with van der Waals surface area (Å²) in [5, 5.41) is 0. The molecule has 0 spiro atoms. The van der Waals surface area contributed by atoms with E-state index in [0.717, 1.165) is 0 Å². The zero-order valence-electron chi connectivity index (χ0n) is 9.34. The Balaban J connectivity index is 2.97. The van der Waals surface area contributed by atoms with Gasteiger partial charge in [0, 0.05) is 0 Å². The van der Waals surface area contributed by atoms with Crippen LogP contribution < -0.4 is 6.54 Å². The van der Waals surface area contributed by atoms with E-state index in [0.29, 0.717) is 0 Å². The SMILES string of the molecule is C=[CH][Bi]([CH]=C)[c]1cc[c]([Bi]([CH]=C)[CH]=C)cc1. The summed E-state index contributed by atoms with van der Waals surface area (Å²) in [4.78, 5) is 0. The van der Waals surface area contributed by atoms with E-state index in [4.69, 9.17) is 0 Å². The summed E-state index contributed by atoms with van der Waals surface area (Å²) in [7, 11) is 0. The molecule has 0 saturated heterocycles. The molecule has 1 aromatic rings. The van der Waals surface area contributed by atoms with Crippen molar-refractivity contribution < 1.29 is 0 Å². The van der Waals surface area contributed by atoms with Crippen molar-refractivity contribution in [2.75, 3.05) is 0 Å². The predicted octanol–water partition coefficient (Wildman–Crippen LogP) is 1.99. The van der Waals surface area contributed by atoms with Gasteiger partial charge in [0.1, 0.15) is 0 Å². The monoisotopic (exact) mass is 602 g/mol. The summed E-state index contributed by atoms with van der Waals surface area (Å²) >= 11 is -3.52. The normalized spacial score (nSPS) is 10.1. The molecule has 0 N–H and O–H groups in total. The molecule has 1 aromatic carbocycles. The van der Waals surface area contributed by atoms with Crippen molar-refractivity contribution in [3.05, 3.63) is 65.7 Å². The zero-order valence-corrected chi connectivity index (χ0v) is 16.3. The molecular weight excluding hydrogens is 586 g/mol. The molecule has 2 heteroatoms. The van der Waals surface area contributed by atoms with Gasteiger partial charge in [-0.15, -0.1) is 0 Å². The third-order valence-electron chi connectivity index (χ3n) is 2.23. The second-order valence-electron chi connectivity index (χ2n) is 3.06. The number of hydrogen-bond donors (Lipinski definition) is 0. The van der Waals surface area contributed by atoms with Gasteiger partial charge in [0.25, 0.3) is 0 Å². The first-order valence-electron chi connectivity index (χ1n) is 4.93. The third-order valence-corrected chi connectivity index (χ3v) is 15.3. The van der Waals surface area contributed by atoms with Gasteiger partial charge in [-0.05, 0) is 0 Å². The van der Waals surface area contributed by atoms with Gasteiger partial charge in [-0.1, -0.05) is 0 Å². The van der Waals surface area contributed by atoms with Crippen molar-refractivity contribution in [3.8, 4) is 0 Å². The van der Waals surface area contributed by atoms with Crippen LogP contribution in [0, 0.1) is 0 Å². The Labute approximate surface area is 114 Å². The molecule has 0 heterocycles. The zero-order chi connectivity index (χ0) is 12.0. The average molecular weight is 602 g/mol. The van der Waals surface area contributed by atoms with Crippen molar-refractivity contribution >= 4 is 50.0 Å². The number of rotatable bonds is 6. The second-order valence-corrected chi connectivity index (χ2v) is 19.1. The van der Waals surface area contributed by atoms with Gasteiger partial charge in [-0.3, -0.25) is 0 Å². The molecule has 0 aliphatic rings. The van der Waals surface area contributed by atoms with Crippen molar-refractivity contribution in [1.29, 1.82) is 0 Å². The predicted molar refractivity (Wildman–Crippen MR) is 78.0 cm³/mol. The van der Waals surface area contributed by atoms with Gasteiger partial charge < -0.3 is 0 Å². The third kappa shape index (κ3) is 3.47. The van der Waals surface area contributed by atoms with Gasteiger partial charge >= 0.3 is 116 Å². The Hall–Kier alpha value is -0.0538. The molecule has 0 nitrogen and oxygen atoms in total. The summed E-state index contributed by atoms with van der Waals surface area (Å²) in [6, 6.07) is 8.97. The van der Waals surface area contributed by atoms with Crippen LogP contribution in [0.25, 0.3) is 0 Å². The minimum atomic E-state index is -1.76. The first kappa shape index (κ1) is 14.0. The van der Waals surface area contributed by atoms with E-state index < -0.39 is 43.5 Å². The van der Waals surface area contributed by atoms with Crippen molar-refractivity contribution in [2.24, 2.45) is 0 Å². The molecule has 16 heavy (non-hydrogen) atoms. The van der Waals surface area contributed by atoms with E-state index in [9.17, 15) is 0 Å². The van der Waals surface area contributed by atoms with E-state index >= 15 is 0 Å². The van der Waals surface area contributed by atoms with Crippen molar-refractivity contribution in [1.82, 2.24) is 0 Å². The van der Waals surface area contributed by atoms with Crippen molar-refractivity contribution in [3.63, 3.8) is 0 Å². The molecule has 1 rings (SSSR count). The summed E-state index contributed by atoms with van der Waals surface area (Å²) < 4.78 is 11.3. The van der Waals surface area contributed by atoms with Gasteiger partial charge in [0.15, 0.2) is 0 Å². The van der Waals surface area contributed by atoms with Crippen LogP contribution in [0.2, 0.25) is 0 Å². The van der Waals surface area contributed by atoms with Gasteiger partial charge in [0.05, 0.1) is 0 Å². The molecule has 0 atom stereocenters. The van der Waals surface area contributed by atoms with Gasteiger partial charge in [-0.25, -0.2) is 0 Å². The Morgan fingerprint density at radius 2 is 0.875 bits per heavy atom. The van der Waals surface area contributed by atoms with E-state index in [1.54, 1.807) is 0 Å². The molecule has 0 aromatic heterocycles. The summed E-state index contributed by atoms with van der Waals surface area (Å²) in [5.74, 6) is 0. The van der Waals surface area contributed by atoms with Crippen LogP contribution in [-0.2, 0) is 0 Å². The van der Waals surface area contributed by atoms with Crippen LogP contribution in [0.4, 0.5) is 0 Å². The molecule has 0 amide bonds. The topological polar surface area (TPSA) is 0 Å². The van der Waals surface area contributed by atoms with Crippen LogP contribution >= 0.6 is 0 Å². The fourth-order valence-electron chi connectivity index (χ4n) is 1.37. The molecule has 0 aliphatic heterocycles. The second kappa shape index (κ2) is 7.31. The van der Waals surface area contributed by atoms with E-state index in [-0.39, 0.29) is 0 Å². The van der Waals surface area contributed by atoms with Crippen LogP contribution in [0.15, 0.2) is 65.7 Å². The van der Waals surface area contributed by atoms with E-state index in [1.807, 2.05) is 0 Å². The summed E-state index contributed by atoms with van der Waals surface area (Å²) in [6.07, 6.45) is 0. The molecule has 0 radical (unpaired) electrons. The first-order valence-corrected chi connectivity index (χ1v) is 16.4. The number of hydrogen-bond acceptors (Lipinski definition) is 0. The van der Waals surface area contributed by atoms with Gasteiger partial charge in [0.2, 0.25) is 0 Å². The first-order chi connectivity index (χ1) is 7.76. The molecule has 0 fully saturated rings. The summed E-state index contributed by atoms with van der Waals surface area (Å²) in [5.41, 5.74) is 0. The minimum absolute atomic E-state index is 1.45. The molecule has 82 valence electrons. The van der Waals surface area contributed by atoms with Crippen LogP contribution in [0.1, 0.15) is 0 Å². The van der Waals surface area contributed by atoms with E-state index in [1.165, 1.54) is 6.54 Å². The van der Waals surface area contributed by atoms with Crippen LogP contribution in [0.3, 0.4) is 0 Å². The number of benzene rings is 1. The quantitative estimate of drug-likeness (QED) is 0.438. The molecular formula is C14H16Bi2. The molecule has 0 unspecified atom stereocenters. The van der Waals surface area contributed by atoms with Crippen LogP contribution in [0.5, 0.6) is 0 Å². The van der Waals surface area contributed by atoms with Crippen LogP contribution in [-0.4, -0.2) is 43.5 Å².